The van der Waals surface area contributed by atoms with Crippen LogP contribution in [-0.2, 0) is 0 Å². The van der Waals surface area contributed by atoms with Crippen LogP contribution in [0, 0.1) is 37.5 Å². The zero-order chi connectivity index (χ0) is 17.9. The van der Waals surface area contributed by atoms with Gasteiger partial charge < -0.3 is 0 Å². The van der Waals surface area contributed by atoms with Crippen LogP contribution in [0.25, 0.3) is 17.7 Å². The second-order valence-corrected chi connectivity index (χ2v) is 15.6. The molecule has 0 radical (unpaired) electrons. The van der Waals surface area contributed by atoms with Crippen LogP contribution < -0.4 is 0 Å². The number of aryl methyl sites for hydroxylation is 2. The fraction of sp³-hybridized carbons (Fsp3) is 0.0909. The summed E-state index contributed by atoms with van der Waals surface area (Å²) in [5.74, 6) is 12.7. The molecule has 4 aromatic heterocycles. The number of hydrogen-bond donors (Lipinski definition) is 0. The molecule has 0 aliphatic heterocycles. The summed E-state index contributed by atoms with van der Waals surface area (Å²) in [6.07, 6.45) is 0. The standard InChI is InChI=1S/C22H14Se4/c1-15-7-11-19(23-15)21-13-9-17(25-21)5-3-4-6-18-10-14-22(26-18)20-12-8-16(2)24-20/h7-14H,1-2H3. The summed E-state index contributed by atoms with van der Waals surface area (Å²) in [5.41, 5.74) is 0. The minimum absolute atomic E-state index is 0.355. The van der Waals surface area contributed by atoms with Crippen molar-refractivity contribution in [2.24, 2.45) is 0 Å². The zero-order valence-electron chi connectivity index (χ0n) is 14.3. The molecular formula is C22H14Se4. The van der Waals surface area contributed by atoms with Gasteiger partial charge in [0.1, 0.15) is 0 Å². The van der Waals surface area contributed by atoms with Crippen LogP contribution in [0.2, 0.25) is 0 Å². The third-order valence-corrected chi connectivity index (χ3v) is 13.6. The van der Waals surface area contributed by atoms with Crippen molar-refractivity contribution in [3.05, 3.63) is 66.3 Å². The predicted molar refractivity (Wildman–Crippen MR) is 115 cm³/mol. The topological polar surface area (TPSA) is 0 Å². The minimum atomic E-state index is 0.355. The number of hydrogen-bond acceptors (Lipinski definition) is 0. The molecule has 0 aliphatic rings. The molecule has 0 nitrogen and oxygen atoms in total. The van der Waals surface area contributed by atoms with E-state index in [0.29, 0.717) is 58.0 Å². The van der Waals surface area contributed by atoms with Gasteiger partial charge in [0, 0.05) is 0 Å². The predicted octanol–water partition coefficient (Wildman–Crippen LogP) is 3.27. The number of rotatable bonds is 2. The van der Waals surface area contributed by atoms with Gasteiger partial charge in [-0.2, -0.15) is 0 Å². The third kappa shape index (κ3) is 4.50. The van der Waals surface area contributed by atoms with Crippen molar-refractivity contribution in [3.63, 3.8) is 0 Å². The van der Waals surface area contributed by atoms with E-state index in [2.05, 4.69) is 86.1 Å². The summed E-state index contributed by atoms with van der Waals surface area (Å²) in [5, 5.41) is 0. The summed E-state index contributed by atoms with van der Waals surface area (Å²) in [6, 6.07) is 17.9. The first-order valence-corrected chi connectivity index (χ1v) is 14.9. The molecule has 4 rings (SSSR count). The first-order chi connectivity index (χ1) is 12.7. The van der Waals surface area contributed by atoms with Gasteiger partial charge in [-0.15, -0.1) is 0 Å². The second-order valence-electron chi connectivity index (χ2n) is 5.65. The Morgan fingerprint density at radius 1 is 0.500 bits per heavy atom. The third-order valence-electron chi connectivity index (χ3n) is 3.61. The van der Waals surface area contributed by atoms with E-state index in [1.165, 1.54) is 35.5 Å². The molecule has 0 spiro atoms. The summed E-state index contributed by atoms with van der Waals surface area (Å²) in [7, 11) is 0. The molecule has 26 heavy (non-hydrogen) atoms. The molecule has 0 unspecified atom stereocenters. The van der Waals surface area contributed by atoms with Crippen molar-refractivity contribution in [3.8, 4) is 41.4 Å². The average Bonchev–Trinajstić information content (AvgIpc) is 3.39. The van der Waals surface area contributed by atoms with E-state index in [9.17, 15) is 0 Å². The van der Waals surface area contributed by atoms with Crippen LogP contribution in [-0.4, -0.2) is 58.0 Å². The van der Waals surface area contributed by atoms with E-state index in [4.69, 9.17) is 0 Å². The van der Waals surface area contributed by atoms with Gasteiger partial charge in [-0.25, -0.2) is 0 Å². The SMILES string of the molecule is Cc1ccc(-c2ccc(C#CC#Cc3ccc(-c4ccc(C)[se]4)[se]3)[se]2)[se]1. The monoisotopic (exact) mass is 598 g/mol. The van der Waals surface area contributed by atoms with Gasteiger partial charge in [-0.05, 0) is 0 Å². The molecule has 0 saturated carbocycles. The molecule has 4 heterocycles. The van der Waals surface area contributed by atoms with Crippen LogP contribution in [0.5, 0.6) is 0 Å². The average molecular weight is 594 g/mol. The van der Waals surface area contributed by atoms with Crippen molar-refractivity contribution in [1.82, 2.24) is 0 Å². The Balaban J connectivity index is 1.46. The molecule has 0 bridgehead atoms. The molecule has 0 saturated heterocycles. The van der Waals surface area contributed by atoms with Gasteiger partial charge in [-0.1, -0.05) is 0 Å². The van der Waals surface area contributed by atoms with E-state index in [-0.39, 0.29) is 0 Å². The van der Waals surface area contributed by atoms with Gasteiger partial charge >= 0.3 is 180 Å². The van der Waals surface area contributed by atoms with Gasteiger partial charge in [0.25, 0.3) is 0 Å². The maximum atomic E-state index is 3.26. The van der Waals surface area contributed by atoms with E-state index < -0.39 is 0 Å². The zero-order valence-corrected chi connectivity index (χ0v) is 21.1. The van der Waals surface area contributed by atoms with E-state index >= 15 is 0 Å². The van der Waals surface area contributed by atoms with Crippen LogP contribution in [0.15, 0.2) is 48.5 Å². The normalized spacial score (nSPS) is 10.1. The summed E-state index contributed by atoms with van der Waals surface area (Å²) in [4.78, 5) is 0. The van der Waals surface area contributed by atoms with E-state index in [1.807, 2.05) is 0 Å². The Morgan fingerprint density at radius 2 is 0.885 bits per heavy atom. The molecule has 0 aromatic carbocycles. The van der Waals surface area contributed by atoms with E-state index in [1.54, 1.807) is 0 Å². The second kappa shape index (κ2) is 8.42. The molecule has 0 atom stereocenters. The molecule has 0 fully saturated rings. The van der Waals surface area contributed by atoms with Gasteiger partial charge in [-0.3, -0.25) is 0 Å². The van der Waals surface area contributed by atoms with E-state index in [0.717, 1.165) is 0 Å². The fourth-order valence-electron chi connectivity index (χ4n) is 2.39. The Morgan fingerprint density at radius 3 is 1.27 bits per heavy atom. The van der Waals surface area contributed by atoms with Crippen molar-refractivity contribution >= 4 is 58.0 Å². The quantitative estimate of drug-likeness (QED) is 0.247. The first-order valence-electron chi connectivity index (χ1n) is 8.03. The Labute approximate surface area is 178 Å². The molecule has 0 amide bonds. The molecular weight excluding hydrogens is 580 g/mol. The Kier molecular flexibility index (Phi) is 5.99. The molecule has 0 aliphatic carbocycles. The first kappa shape index (κ1) is 18.5. The summed E-state index contributed by atoms with van der Waals surface area (Å²) >= 11 is 1.76. The van der Waals surface area contributed by atoms with Crippen LogP contribution >= 0.6 is 0 Å². The Bertz CT molecular complexity index is 1080. The Hall–Kier alpha value is -0.882. The summed E-state index contributed by atoms with van der Waals surface area (Å²) in [6.45, 7) is 4.44. The van der Waals surface area contributed by atoms with Gasteiger partial charge in [0.05, 0.1) is 0 Å². The molecule has 4 aromatic rings. The van der Waals surface area contributed by atoms with Crippen molar-refractivity contribution in [2.75, 3.05) is 0 Å². The van der Waals surface area contributed by atoms with Crippen molar-refractivity contribution in [1.29, 1.82) is 0 Å². The van der Waals surface area contributed by atoms with Crippen LogP contribution in [0.3, 0.4) is 0 Å². The van der Waals surface area contributed by atoms with Crippen molar-refractivity contribution < 1.29 is 0 Å². The fourth-order valence-corrected chi connectivity index (χ4v) is 10.8. The van der Waals surface area contributed by atoms with Crippen LogP contribution in [0.4, 0.5) is 0 Å². The maximum absolute atomic E-state index is 3.26. The molecule has 0 N–H and O–H groups in total. The van der Waals surface area contributed by atoms with Crippen LogP contribution in [0.1, 0.15) is 17.7 Å². The van der Waals surface area contributed by atoms with Gasteiger partial charge in [0.2, 0.25) is 0 Å². The van der Waals surface area contributed by atoms with Crippen molar-refractivity contribution in [2.45, 2.75) is 13.8 Å². The van der Waals surface area contributed by atoms with Gasteiger partial charge in [0.15, 0.2) is 0 Å². The summed E-state index contributed by atoms with van der Waals surface area (Å²) < 4.78 is 11.5. The molecule has 4 heteroatoms. The molecule has 126 valence electrons.